The second kappa shape index (κ2) is 6.98. The Labute approximate surface area is 108 Å². The molecule has 1 aliphatic heterocycles. The van der Waals surface area contributed by atoms with Crippen molar-refractivity contribution in [3.05, 3.63) is 30.3 Å². The zero-order chi connectivity index (χ0) is 12.6. The Morgan fingerprint density at radius 2 is 2.00 bits per heavy atom. The molecule has 0 saturated carbocycles. The minimum Gasteiger partial charge on any atom is -0.379 e. The van der Waals surface area contributed by atoms with E-state index in [-0.39, 0.29) is 0 Å². The molecule has 0 aliphatic carbocycles. The lowest BCUT2D eigenvalue weighted by molar-refractivity contribution is 0.0394. The molecule has 0 unspecified atom stereocenters. The van der Waals surface area contributed by atoms with Crippen molar-refractivity contribution >= 4 is 11.6 Å². The fraction of sp³-hybridized carbons (Fsp3) is 0.462. The highest BCUT2D eigenvalue weighted by Crippen LogP contribution is 2.03. The van der Waals surface area contributed by atoms with Gasteiger partial charge < -0.3 is 15.8 Å². The van der Waals surface area contributed by atoms with Crippen LogP contribution in [0.15, 0.2) is 35.3 Å². The topological polar surface area (TPSA) is 62.9 Å². The first kappa shape index (κ1) is 12.9. The van der Waals surface area contributed by atoms with E-state index in [9.17, 15) is 0 Å². The lowest BCUT2D eigenvalue weighted by Gasteiger charge is -2.25. The molecule has 1 aromatic rings. The first-order chi connectivity index (χ1) is 8.84. The van der Waals surface area contributed by atoms with Crippen molar-refractivity contribution in [1.82, 2.24) is 4.90 Å². The number of ether oxygens (including phenoxy) is 1. The van der Waals surface area contributed by atoms with Crippen molar-refractivity contribution in [2.75, 3.05) is 44.7 Å². The third-order valence-corrected chi connectivity index (χ3v) is 2.85. The summed E-state index contributed by atoms with van der Waals surface area (Å²) in [6.45, 7) is 5.26. The predicted octanol–water partition coefficient (Wildman–Crippen LogP) is 0.745. The summed E-state index contributed by atoms with van der Waals surface area (Å²) < 4.78 is 5.29. The fourth-order valence-corrected chi connectivity index (χ4v) is 1.85. The van der Waals surface area contributed by atoms with Crippen molar-refractivity contribution in [3.63, 3.8) is 0 Å². The van der Waals surface area contributed by atoms with E-state index in [0.717, 1.165) is 38.5 Å². The summed E-state index contributed by atoms with van der Waals surface area (Å²) in [4.78, 5) is 6.65. The van der Waals surface area contributed by atoms with Crippen LogP contribution in [-0.2, 0) is 4.74 Å². The highest BCUT2D eigenvalue weighted by Gasteiger charge is 2.08. The molecule has 1 heterocycles. The number of benzene rings is 1. The molecule has 2 rings (SSSR count). The summed E-state index contributed by atoms with van der Waals surface area (Å²) in [5, 5.41) is 3.06. The van der Waals surface area contributed by atoms with Crippen molar-refractivity contribution < 1.29 is 4.74 Å². The molecular weight excluding hydrogens is 228 g/mol. The highest BCUT2D eigenvalue weighted by atomic mass is 16.5. The summed E-state index contributed by atoms with van der Waals surface area (Å²) in [5.74, 6) is 0.467. The Bertz CT molecular complexity index is 374. The van der Waals surface area contributed by atoms with Gasteiger partial charge in [-0.3, -0.25) is 9.89 Å². The van der Waals surface area contributed by atoms with Crippen LogP contribution in [0.5, 0.6) is 0 Å². The van der Waals surface area contributed by atoms with Gasteiger partial charge in [0.15, 0.2) is 5.96 Å². The molecule has 0 spiro atoms. The number of nitrogens with two attached hydrogens (primary N) is 1. The number of para-hydroxylation sites is 1. The molecule has 0 amide bonds. The van der Waals surface area contributed by atoms with E-state index in [0.29, 0.717) is 12.5 Å². The van der Waals surface area contributed by atoms with Crippen LogP contribution in [0.25, 0.3) is 0 Å². The van der Waals surface area contributed by atoms with E-state index in [1.54, 1.807) is 0 Å². The van der Waals surface area contributed by atoms with Crippen LogP contribution in [0.3, 0.4) is 0 Å². The number of guanidine groups is 1. The Morgan fingerprint density at radius 1 is 1.28 bits per heavy atom. The number of rotatable bonds is 4. The molecule has 98 valence electrons. The van der Waals surface area contributed by atoms with Crippen LogP contribution < -0.4 is 11.1 Å². The van der Waals surface area contributed by atoms with Crippen LogP contribution >= 0.6 is 0 Å². The van der Waals surface area contributed by atoms with Gasteiger partial charge in [-0.2, -0.15) is 0 Å². The zero-order valence-corrected chi connectivity index (χ0v) is 10.5. The van der Waals surface area contributed by atoms with E-state index in [2.05, 4.69) is 15.2 Å². The summed E-state index contributed by atoms with van der Waals surface area (Å²) in [6.07, 6.45) is 0. The van der Waals surface area contributed by atoms with Gasteiger partial charge in [0.1, 0.15) is 0 Å². The third-order valence-electron chi connectivity index (χ3n) is 2.85. The monoisotopic (exact) mass is 248 g/mol. The van der Waals surface area contributed by atoms with E-state index in [4.69, 9.17) is 10.5 Å². The van der Waals surface area contributed by atoms with Crippen LogP contribution in [0, 0.1) is 0 Å². The average Bonchev–Trinajstić information content (AvgIpc) is 2.41. The van der Waals surface area contributed by atoms with Crippen molar-refractivity contribution in [2.24, 2.45) is 10.7 Å². The second-order valence-electron chi connectivity index (χ2n) is 4.21. The van der Waals surface area contributed by atoms with Crippen LogP contribution in [0.2, 0.25) is 0 Å². The van der Waals surface area contributed by atoms with E-state index < -0.39 is 0 Å². The highest BCUT2D eigenvalue weighted by molar-refractivity contribution is 5.92. The van der Waals surface area contributed by atoms with Gasteiger partial charge in [-0.25, -0.2) is 0 Å². The van der Waals surface area contributed by atoms with Crippen LogP contribution in [0.4, 0.5) is 5.69 Å². The van der Waals surface area contributed by atoms with Gasteiger partial charge in [0.2, 0.25) is 0 Å². The number of anilines is 1. The third kappa shape index (κ3) is 4.35. The minimum atomic E-state index is 0.467. The molecule has 0 atom stereocenters. The summed E-state index contributed by atoms with van der Waals surface area (Å²) >= 11 is 0. The smallest absolute Gasteiger partial charge is 0.193 e. The quantitative estimate of drug-likeness (QED) is 0.609. The molecule has 3 N–H and O–H groups in total. The molecule has 0 radical (unpaired) electrons. The first-order valence-corrected chi connectivity index (χ1v) is 6.27. The summed E-state index contributed by atoms with van der Waals surface area (Å²) in [6, 6.07) is 9.82. The minimum absolute atomic E-state index is 0.467. The number of hydrogen-bond donors (Lipinski definition) is 2. The van der Waals surface area contributed by atoms with Gasteiger partial charge >= 0.3 is 0 Å². The zero-order valence-electron chi connectivity index (χ0n) is 10.5. The van der Waals surface area contributed by atoms with E-state index >= 15 is 0 Å². The summed E-state index contributed by atoms with van der Waals surface area (Å²) in [7, 11) is 0. The number of nitrogens with one attached hydrogen (secondary N) is 1. The molecule has 1 fully saturated rings. The SMILES string of the molecule is NC(=NCCN1CCOCC1)Nc1ccccc1. The van der Waals surface area contributed by atoms with Gasteiger partial charge in [-0.15, -0.1) is 0 Å². The number of nitrogens with zero attached hydrogens (tertiary/aromatic N) is 2. The molecular formula is C13H20N4O. The normalized spacial score (nSPS) is 17.7. The van der Waals surface area contributed by atoms with Gasteiger partial charge in [0.05, 0.1) is 19.8 Å². The first-order valence-electron chi connectivity index (χ1n) is 6.27. The predicted molar refractivity (Wildman–Crippen MR) is 73.8 cm³/mol. The molecule has 18 heavy (non-hydrogen) atoms. The number of hydrogen-bond acceptors (Lipinski definition) is 3. The molecule has 1 saturated heterocycles. The van der Waals surface area contributed by atoms with Crippen LogP contribution in [-0.4, -0.2) is 50.3 Å². The maximum absolute atomic E-state index is 5.82. The van der Waals surface area contributed by atoms with Gasteiger partial charge in [-0.1, -0.05) is 18.2 Å². The number of morpholine rings is 1. The standard InChI is InChI=1S/C13H20N4O/c14-13(16-12-4-2-1-3-5-12)15-6-7-17-8-10-18-11-9-17/h1-5H,6-11H2,(H3,14,15,16). The molecule has 0 aromatic heterocycles. The van der Waals surface area contributed by atoms with Gasteiger partial charge in [0, 0.05) is 25.3 Å². The van der Waals surface area contributed by atoms with Crippen LogP contribution in [0.1, 0.15) is 0 Å². The molecule has 5 heteroatoms. The maximum Gasteiger partial charge on any atom is 0.193 e. The van der Waals surface area contributed by atoms with Crippen molar-refractivity contribution in [3.8, 4) is 0 Å². The largest absolute Gasteiger partial charge is 0.379 e. The molecule has 1 aliphatic rings. The van der Waals surface area contributed by atoms with Crippen molar-refractivity contribution in [1.29, 1.82) is 0 Å². The van der Waals surface area contributed by atoms with Gasteiger partial charge in [0.25, 0.3) is 0 Å². The Morgan fingerprint density at radius 3 is 2.72 bits per heavy atom. The molecule has 0 bridgehead atoms. The fourth-order valence-electron chi connectivity index (χ4n) is 1.85. The Hall–Kier alpha value is -1.59. The second-order valence-corrected chi connectivity index (χ2v) is 4.21. The summed E-state index contributed by atoms with van der Waals surface area (Å²) in [5.41, 5.74) is 6.78. The van der Waals surface area contributed by atoms with E-state index in [1.807, 2.05) is 30.3 Å². The number of aliphatic imine (C=N–C) groups is 1. The van der Waals surface area contributed by atoms with Gasteiger partial charge in [-0.05, 0) is 12.1 Å². The molecule has 5 nitrogen and oxygen atoms in total. The Balaban J connectivity index is 1.71. The molecule has 1 aromatic carbocycles. The van der Waals surface area contributed by atoms with Crippen molar-refractivity contribution in [2.45, 2.75) is 0 Å². The maximum atomic E-state index is 5.82. The van der Waals surface area contributed by atoms with E-state index in [1.165, 1.54) is 0 Å². The lowest BCUT2D eigenvalue weighted by Crippen LogP contribution is -2.38. The Kier molecular flexibility index (Phi) is 4.99. The lowest BCUT2D eigenvalue weighted by atomic mass is 10.3. The average molecular weight is 248 g/mol.